The smallest absolute Gasteiger partial charge is 0.303 e. The van der Waals surface area contributed by atoms with Crippen LogP contribution in [-0.4, -0.2) is 63.4 Å². The molecule has 2 aromatic rings. The first kappa shape index (κ1) is 22.7. The van der Waals surface area contributed by atoms with E-state index in [0.29, 0.717) is 55.8 Å². The highest BCUT2D eigenvalue weighted by molar-refractivity contribution is 5.66. The van der Waals surface area contributed by atoms with Gasteiger partial charge in [-0.05, 0) is 30.7 Å². The zero-order valence-corrected chi connectivity index (χ0v) is 17.4. The van der Waals surface area contributed by atoms with E-state index in [-0.39, 0.29) is 26.2 Å². The number of aliphatic carboxylic acids is 1. The van der Waals surface area contributed by atoms with Crippen LogP contribution in [-0.2, 0) is 14.3 Å². The quantitative estimate of drug-likeness (QED) is 0.721. The number of rotatable bonds is 5. The third-order valence-electron chi connectivity index (χ3n) is 4.41. The summed E-state index contributed by atoms with van der Waals surface area (Å²) in [5.41, 5.74) is 0. The van der Waals surface area contributed by atoms with Gasteiger partial charge in [0.15, 0.2) is 23.0 Å². The molecule has 3 rings (SSSR count). The fourth-order valence-corrected chi connectivity index (χ4v) is 2.88. The molecule has 0 saturated carbocycles. The molecule has 2 aromatic carbocycles. The molecule has 0 amide bonds. The van der Waals surface area contributed by atoms with Crippen LogP contribution >= 0.6 is 0 Å². The zero-order chi connectivity index (χ0) is 21.7. The van der Waals surface area contributed by atoms with Crippen molar-refractivity contribution in [2.45, 2.75) is 18.9 Å². The minimum atomic E-state index is -0.852. The molecule has 1 aliphatic rings. The highest BCUT2D eigenvalue weighted by Gasteiger charge is 2.16. The van der Waals surface area contributed by atoms with Gasteiger partial charge in [0.1, 0.15) is 32.5 Å². The first-order chi connectivity index (χ1) is 15.2. The van der Waals surface area contributed by atoms with Gasteiger partial charge in [0.05, 0.1) is 13.2 Å². The second kappa shape index (κ2) is 12.7. The Kier molecular flexibility index (Phi) is 9.28. The third-order valence-corrected chi connectivity index (χ3v) is 4.41. The maximum absolute atomic E-state index is 10.8. The van der Waals surface area contributed by atoms with Gasteiger partial charge >= 0.3 is 5.97 Å². The molecule has 0 atom stereocenters. The lowest BCUT2D eigenvalue weighted by Gasteiger charge is -2.21. The van der Waals surface area contributed by atoms with Crippen LogP contribution in [0.1, 0.15) is 12.8 Å². The van der Waals surface area contributed by atoms with Crippen molar-refractivity contribution in [3.05, 3.63) is 48.5 Å². The Bertz CT molecular complexity index is 754. The van der Waals surface area contributed by atoms with Gasteiger partial charge in [-0.15, -0.1) is 0 Å². The van der Waals surface area contributed by atoms with Crippen molar-refractivity contribution in [3.63, 3.8) is 0 Å². The SMILES string of the molecule is O=C(O)CCCOC1COc2ccccc2OCCOCCOc2ccccc2OC1. The van der Waals surface area contributed by atoms with E-state index in [1.54, 1.807) is 0 Å². The van der Waals surface area contributed by atoms with Gasteiger partial charge in [0.2, 0.25) is 0 Å². The average Bonchev–Trinajstić information content (AvgIpc) is 2.77. The van der Waals surface area contributed by atoms with E-state index in [1.165, 1.54) is 0 Å². The Morgan fingerprint density at radius 1 is 0.806 bits per heavy atom. The molecule has 0 spiro atoms. The highest BCUT2D eigenvalue weighted by atomic mass is 16.6. The molecule has 0 bridgehead atoms. The standard InChI is InChI=1S/C23H28O8/c24-23(25)10-5-11-27-18-16-30-21-8-3-1-6-19(21)28-14-12-26-13-15-29-20-7-2-4-9-22(20)31-17-18/h1-4,6-9,18H,5,10-17H2,(H,24,25). The van der Waals surface area contributed by atoms with Crippen LogP contribution in [0, 0.1) is 0 Å². The minimum absolute atomic E-state index is 0.0455. The molecule has 0 fully saturated rings. The normalized spacial score (nSPS) is 15.9. The van der Waals surface area contributed by atoms with Crippen molar-refractivity contribution in [1.82, 2.24) is 0 Å². The first-order valence-corrected chi connectivity index (χ1v) is 10.3. The Hall–Kier alpha value is -2.97. The molecule has 0 saturated heterocycles. The van der Waals surface area contributed by atoms with Crippen molar-refractivity contribution in [2.24, 2.45) is 0 Å². The lowest BCUT2D eigenvalue weighted by Crippen LogP contribution is -2.29. The molecule has 0 unspecified atom stereocenters. The summed E-state index contributed by atoms with van der Waals surface area (Å²) in [5, 5.41) is 8.83. The molecule has 31 heavy (non-hydrogen) atoms. The van der Waals surface area contributed by atoms with Crippen LogP contribution in [0.4, 0.5) is 0 Å². The number of ether oxygens (including phenoxy) is 6. The summed E-state index contributed by atoms with van der Waals surface area (Å²) in [6, 6.07) is 14.8. The molecule has 1 aliphatic heterocycles. The number of carbonyl (C=O) groups is 1. The van der Waals surface area contributed by atoms with E-state index >= 15 is 0 Å². The van der Waals surface area contributed by atoms with E-state index < -0.39 is 12.1 Å². The Balaban J connectivity index is 1.69. The molecule has 1 N–H and O–H groups in total. The fraction of sp³-hybridized carbons (Fsp3) is 0.435. The summed E-state index contributed by atoms with van der Waals surface area (Å²) in [6.07, 6.45) is 0.0425. The lowest BCUT2D eigenvalue weighted by atomic mass is 10.3. The molecule has 168 valence electrons. The van der Waals surface area contributed by atoms with E-state index in [1.807, 2.05) is 48.5 Å². The number of carboxylic acid groups (broad SMARTS) is 1. The van der Waals surface area contributed by atoms with Crippen molar-refractivity contribution >= 4 is 5.97 Å². The number of fused-ring (bicyclic) bond motifs is 2. The number of hydrogen-bond donors (Lipinski definition) is 1. The molecule has 8 heteroatoms. The zero-order valence-electron chi connectivity index (χ0n) is 17.4. The van der Waals surface area contributed by atoms with Crippen LogP contribution in [0.15, 0.2) is 48.5 Å². The molecule has 1 heterocycles. The average molecular weight is 432 g/mol. The molecule has 0 radical (unpaired) electrons. The Morgan fingerprint density at radius 2 is 1.29 bits per heavy atom. The summed E-state index contributed by atoms with van der Waals surface area (Å²) in [4.78, 5) is 10.8. The van der Waals surface area contributed by atoms with Gasteiger partial charge in [-0.25, -0.2) is 0 Å². The fourth-order valence-electron chi connectivity index (χ4n) is 2.88. The second-order valence-electron chi connectivity index (χ2n) is 6.81. The molecular formula is C23H28O8. The summed E-state index contributed by atoms with van der Waals surface area (Å²) < 4.78 is 34.9. The minimum Gasteiger partial charge on any atom is -0.487 e. The van der Waals surface area contributed by atoms with Gasteiger partial charge in [0.25, 0.3) is 0 Å². The van der Waals surface area contributed by atoms with Crippen LogP contribution < -0.4 is 18.9 Å². The van der Waals surface area contributed by atoms with E-state index in [4.69, 9.17) is 33.5 Å². The van der Waals surface area contributed by atoms with E-state index in [0.717, 1.165) is 0 Å². The summed E-state index contributed by atoms with van der Waals surface area (Å²) in [7, 11) is 0. The number of hydrogen-bond acceptors (Lipinski definition) is 7. The third kappa shape index (κ3) is 7.99. The topological polar surface area (TPSA) is 92.7 Å². The van der Waals surface area contributed by atoms with Gasteiger partial charge < -0.3 is 33.5 Å². The largest absolute Gasteiger partial charge is 0.487 e. The van der Waals surface area contributed by atoms with E-state index in [9.17, 15) is 4.79 Å². The van der Waals surface area contributed by atoms with Gasteiger partial charge in [-0.2, -0.15) is 0 Å². The maximum atomic E-state index is 10.8. The molecule has 0 aliphatic carbocycles. The Labute approximate surface area is 181 Å². The summed E-state index contributed by atoms with van der Waals surface area (Å²) in [5.74, 6) is 1.57. The predicted octanol–water partition coefficient (Wildman–Crippen LogP) is 3.18. The number of benzene rings is 2. The highest BCUT2D eigenvalue weighted by Crippen LogP contribution is 2.28. The van der Waals surface area contributed by atoms with Crippen molar-refractivity contribution in [1.29, 1.82) is 0 Å². The number of para-hydroxylation sites is 4. The maximum Gasteiger partial charge on any atom is 0.303 e. The monoisotopic (exact) mass is 432 g/mol. The van der Waals surface area contributed by atoms with Crippen LogP contribution in [0.2, 0.25) is 0 Å². The second-order valence-corrected chi connectivity index (χ2v) is 6.81. The van der Waals surface area contributed by atoms with Crippen LogP contribution in [0.25, 0.3) is 0 Å². The van der Waals surface area contributed by atoms with Gasteiger partial charge in [0, 0.05) is 13.0 Å². The molecule has 8 nitrogen and oxygen atoms in total. The van der Waals surface area contributed by atoms with Gasteiger partial charge in [-0.3, -0.25) is 4.79 Å². The van der Waals surface area contributed by atoms with Crippen molar-refractivity contribution in [3.8, 4) is 23.0 Å². The summed E-state index contributed by atoms with van der Waals surface area (Å²) >= 11 is 0. The summed E-state index contributed by atoms with van der Waals surface area (Å²) in [6.45, 7) is 2.33. The van der Waals surface area contributed by atoms with Crippen molar-refractivity contribution in [2.75, 3.05) is 46.2 Å². The Morgan fingerprint density at radius 3 is 1.77 bits per heavy atom. The van der Waals surface area contributed by atoms with Crippen molar-refractivity contribution < 1.29 is 38.3 Å². The molecule has 0 aromatic heterocycles. The first-order valence-electron chi connectivity index (χ1n) is 10.3. The number of carboxylic acids is 1. The van der Waals surface area contributed by atoms with E-state index in [2.05, 4.69) is 0 Å². The molecular weight excluding hydrogens is 404 g/mol. The van der Waals surface area contributed by atoms with Crippen LogP contribution in [0.5, 0.6) is 23.0 Å². The van der Waals surface area contributed by atoms with Crippen LogP contribution in [0.3, 0.4) is 0 Å². The lowest BCUT2D eigenvalue weighted by molar-refractivity contribution is -0.137. The van der Waals surface area contributed by atoms with Gasteiger partial charge in [-0.1, -0.05) is 24.3 Å². The predicted molar refractivity (Wildman–Crippen MR) is 112 cm³/mol.